The number of hydrogen-bond donors (Lipinski definition) is 4. The van der Waals surface area contributed by atoms with E-state index in [1.165, 1.54) is 77.0 Å². The molecule has 2 atom stereocenters. The van der Waals surface area contributed by atoms with Crippen LogP contribution in [0.15, 0.2) is 84.9 Å². The molecular weight excluding hydrogens is 672 g/mol. The average molecular weight is 715 g/mol. The van der Waals surface area contributed by atoms with Gasteiger partial charge in [0, 0.05) is 24.0 Å². The molecule has 4 rings (SSSR count). The first-order valence-electron chi connectivity index (χ1n) is 16.2. The number of ether oxygens (including phenoxy) is 6. The Morgan fingerprint density at radius 2 is 0.923 bits per heavy atom. The third-order valence-corrected chi connectivity index (χ3v) is 8.26. The Bertz CT molecular complexity index is 1900. The quantitative estimate of drug-likeness (QED) is 0.0736. The smallest absolute Gasteiger partial charge is 0.330 e. The molecule has 12 heteroatoms. The largest absolute Gasteiger partial charge is 0.504 e. The molecule has 4 aromatic rings. The van der Waals surface area contributed by atoms with Gasteiger partial charge >= 0.3 is 11.9 Å². The summed E-state index contributed by atoms with van der Waals surface area (Å²) in [7, 11) is 5.74. The third kappa shape index (κ3) is 10.8. The average Bonchev–Trinajstić information content (AvgIpc) is 3.15. The molecule has 0 fully saturated rings. The highest BCUT2D eigenvalue weighted by atomic mass is 16.5. The molecule has 0 unspecified atom stereocenters. The number of phenolic OH excluding ortho intramolecular Hbond substituents is 4. The summed E-state index contributed by atoms with van der Waals surface area (Å²) in [5.74, 6) is -1.26. The molecule has 0 aliphatic heterocycles. The van der Waals surface area contributed by atoms with Crippen LogP contribution in [0.25, 0.3) is 12.2 Å². The molecule has 52 heavy (non-hydrogen) atoms. The van der Waals surface area contributed by atoms with E-state index in [1.807, 2.05) is 0 Å². The number of carbonyl (C=O) groups is 2. The highest BCUT2D eigenvalue weighted by Gasteiger charge is 2.26. The van der Waals surface area contributed by atoms with Crippen LogP contribution in [0, 0.1) is 11.8 Å². The molecule has 0 aliphatic rings. The third-order valence-electron chi connectivity index (χ3n) is 8.26. The van der Waals surface area contributed by atoms with Crippen LogP contribution in [0.4, 0.5) is 0 Å². The van der Waals surface area contributed by atoms with E-state index in [0.717, 1.165) is 11.1 Å². The summed E-state index contributed by atoms with van der Waals surface area (Å²) >= 11 is 0. The summed E-state index contributed by atoms with van der Waals surface area (Å²) in [5.41, 5.74) is 2.68. The maximum Gasteiger partial charge on any atom is 0.330 e. The highest BCUT2D eigenvalue weighted by Crippen LogP contribution is 2.33. The molecule has 0 heterocycles. The number of benzene rings is 4. The van der Waals surface area contributed by atoms with Crippen LogP contribution >= 0.6 is 0 Å². The molecule has 12 nitrogen and oxygen atoms in total. The van der Waals surface area contributed by atoms with Gasteiger partial charge in [0.15, 0.2) is 46.0 Å². The molecular formula is C40H42O12. The minimum atomic E-state index is -0.641. The Morgan fingerprint density at radius 3 is 1.37 bits per heavy atom. The molecule has 0 aliphatic carbocycles. The van der Waals surface area contributed by atoms with Gasteiger partial charge in [-0.15, -0.1) is 0 Å². The van der Waals surface area contributed by atoms with Crippen LogP contribution in [-0.4, -0.2) is 74.0 Å². The molecule has 274 valence electrons. The Hall–Kier alpha value is -6.30. The second-order valence-corrected chi connectivity index (χ2v) is 11.7. The number of carbonyl (C=O) groups excluding carboxylic acids is 2. The van der Waals surface area contributed by atoms with E-state index < -0.39 is 23.8 Å². The fraction of sp³-hybridized carbons (Fsp3) is 0.250. The number of hydrogen-bond acceptors (Lipinski definition) is 12. The second-order valence-electron chi connectivity index (χ2n) is 11.7. The number of rotatable bonds is 17. The standard InChI is InChI=1S/C40H42O12/c1-47-35-14-8-25(19-34(35)44)9-15-39(45)51-23-29(17-27-6-12-32(42)37(21-27)49-3)30(18-28-7-13-33(43)38(22-28)50-4)24-52-40(46)16-10-26-5-11-31(41)36(20-26)48-2/h5-16,19-22,29-30,41-44H,17-18,23-24H2,1-4H3/t29-,30+/m1/s1. The van der Waals surface area contributed by atoms with Gasteiger partial charge in [-0.05, 0) is 95.8 Å². The molecule has 0 bridgehead atoms. The molecule has 0 radical (unpaired) electrons. The summed E-state index contributed by atoms with van der Waals surface area (Å²) in [6.07, 6.45) is 6.20. The second kappa shape index (κ2) is 18.6. The first-order chi connectivity index (χ1) is 25.0. The van der Waals surface area contributed by atoms with Crippen LogP contribution < -0.4 is 18.9 Å². The zero-order valence-corrected chi connectivity index (χ0v) is 29.3. The number of phenols is 4. The molecule has 0 aromatic heterocycles. The van der Waals surface area contributed by atoms with Crippen molar-refractivity contribution in [2.24, 2.45) is 11.8 Å². The van der Waals surface area contributed by atoms with Crippen LogP contribution in [0.1, 0.15) is 22.3 Å². The maximum absolute atomic E-state index is 13.0. The number of esters is 2. The van der Waals surface area contributed by atoms with Crippen LogP contribution in [0.5, 0.6) is 46.0 Å². The predicted octanol–water partition coefficient (Wildman–Crippen LogP) is 6.07. The van der Waals surface area contributed by atoms with E-state index in [4.69, 9.17) is 28.4 Å². The van der Waals surface area contributed by atoms with Crippen LogP contribution in [0.3, 0.4) is 0 Å². The maximum atomic E-state index is 13.0. The van der Waals surface area contributed by atoms with Crippen molar-refractivity contribution in [2.45, 2.75) is 12.8 Å². The number of methoxy groups -OCH3 is 4. The zero-order valence-electron chi connectivity index (χ0n) is 29.3. The van der Waals surface area contributed by atoms with Gasteiger partial charge in [-0.1, -0.05) is 24.3 Å². The van der Waals surface area contributed by atoms with Gasteiger partial charge in [-0.3, -0.25) is 0 Å². The Balaban J connectivity index is 1.60. The van der Waals surface area contributed by atoms with Crippen molar-refractivity contribution in [3.05, 3.63) is 107 Å². The first kappa shape index (κ1) is 38.5. The first-order valence-corrected chi connectivity index (χ1v) is 16.2. The lowest BCUT2D eigenvalue weighted by molar-refractivity contribution is -0.143. The molecule has 0 amide bonds. The summed E-state index contributed by atoms with van der Waals surface area (Å²) in [5, 5.41) is 40.4. The normalized spacial score (nSPS) is 12.3. The fourth-order valence-electron chi connectivity index (χ4n) is 5.44. The van der Waals surface area contributed by atoms with Crippen molar-refractivity contribution in [1.29, 1.82) is 0 Å². The van der Waals surface area contributed by atoms with E-state index in [2.05, 4.69) is 0 Å². The van der Waals surface area contributed by atoms with E-state index >= 15 is 0 Å². The summed E-state index contributed by atoms with van der Waals surface area (Å²) in [6.45, 7) is -0.162. The van der Waals surface area contributed by atoms with Gasteiger partial charge in [0.25, 0.3) is 0 Å². The van der Waals surface area contributed by atoms with Gasteiger partial charge in [-0.2, -0.15) is 0 Å². The van der Waals surface area contributed by atoms with E-state index in [1.54, 1.807) is 48.5 Å². The molecule has 4 N–H and O–H groups in total. The fourth-order valence-corrected chi connectivity index (χ4v) is 5.44. The minimum absolute atomic E-state index is 0.0376. The summed E-state index contributed by atoms with van der Waals surface area (Å²) in [4.78, 5) is 26.0. The van der Waals surface area contributed by atoms with Crippen molar-refractivity contribution < 1.29 is 58.4 Å². The van der Waals surface area contributed by atoms with Crippen LogP contribution in [0.2, 0.25) is 0 Å². The molecule has 4 aromatic carbocycles. The van der Waals surface area contributed by atoms with Crippen molar-refractivity contribution >= 4 is 24.1 Å². The molecule has 0 saturated carbocycles. The van der Waals surface area contributed by atoms with Crippen molar-refractivity contribution in [3.63, 3.8) is 0 Å². The zero-order chi connectivity index (χ0) is 37.6. The van der Waals surface area contributed by atoms with E-state index in [0.29, 0.717) is 29.7 Å². The summed E-state index contributed by atoms with van der Waals surface area (Å²) < 4.78 is 32.3. The van der Waals surface area contributed by atoms with Crippen LogP contribution in [-0.2, 0) is 31.9 Å². The topological polar surface area (TPSA) is 170 Å². The van der Waals surface area contributed by atoms with Gasteiger partial charge in [0.05, 0.1) is 41.7 Å². The number of aromatic hydroxyl groups is 4. The Kier molecular flexibility index (Phi) is 13.8. The molecule has 0 spiro atoms. The summed E-state index contributed by atoms with van der Waals surface area (Å²) in [6, 6.07) is 19.2. The van der Waals surface area contributed by atoms with E-state index in [-0.39, 0.29) is 53.5 Å². The Morgan fingerprint density at radius 1 is 0.519 bits per heavy atom. The van der Waals surface area contributed by atoms with Crippen molar-refractivity contribution in [2.75, 3.05) is 41.7 Å². The van der Waals surface area contributed by atoms with Crippen molar-refractivity contribution in [1.82, 2.24) is 0 Å². The lowest BCUT2D eigenvalue weighted by Gasteiger charge is -2.27. The minimum Gasteiger partial charge on any atom is -0.504 e. The van der Waals surface area contributed by atoms with Gasteiger partial charge in [0.1, 0.15) is 0 Å². The lowest BCUT2D eigenvalue weighted by atomic mass is 9.83. The predicted molar refractivity (Wildman–Crippen MR) is 193 cm³/mol. The van der Waals surface area contributed by atoms with Gasteiger partial charge < -0.3 is 48.8 Å². The Labute approximate surface area is 301 Å². The lowest BCUT2D eigenvalue weighted by Crippen LogP contribution is -2.30. The highest BCUT2D eigenvalue weighted by molar-refractivity contribution is 5.87. The monoisotopic (exact) mass is 714 g/mol. The molecule has 0 saturated heterocycles. The van der Waals surface area contributed by atoms with E-state index in [9.17, 15) is 30.0 Å². The van der Waals surface area contributed by atoms with Gasteiger partial charge in [-0.25, -0.2) is 9.59 Å². The van der Waals surface area contributed by atoms with Crippen molar-refractivity contribution in [3.8, 4) is 46.0 Å². The van der Waals surface area contributed by atoms with Gasteiger partial charge in [0.2, 0.25) is 0 Å². The SMILES string of the molecule is COc1ccc(C=CC(=O)OC[C@@H](Cc2ccc(O)c(OC)c2)[C@H](COC(=O)C=Cc2ccc(O)c(OC)c2)Cc2ccc(O)c(OC)c2)cc1O.